The number of para-hydroxylation sites is 2. The van der Waals surface area contributed by atoms with Gasteiger partial charge in [-0.25, -0.2) is 4.79 Å². The summed E-state index contributed by atoms with van der Waals surface area (Å²) in [6.45, 7) is -0.211. The molecule has 0 radical (unpaired) electrons. The van der Waals surface area contributed by atoms with E-state index in [4.69, 9.17) is 23.2 Å². The lowest BCUT2D eigenvalue weighted by atomic mass is 10.2. The molecule has 0 spiro atoms. The van der Waals surface area contributed by atoms with Crippen molar-refractivity contribution in [2.24, 2.45) is 0 Å². The molecule has 0 unspecified atom stereocenters. The maximum absolute atomic E-state index is 13.2. The van der Waals surface area contributed by atoms with Crippen LogP contribution in [0.2, 0.25) is 10.0 Å². The Hall–Kier alpha value is -3.35. The van der Waals surface area contributed by atoms with E-state index in [1.54, 1.807) is 72.8 Å². The molecular weight excluding hydrogens is 437 g/mol. The first kappa shape index (κ1) is 20.9. The molecular formula is C23H17Cl2N3O3. The van der Waals surface area contributed by atoms with E-state index in [1.807, 2.05) is 0 Å². The number of hydrogen-bond donors (Lipinski definition) is 1. The van der Waals surface area contributed by atoms with Crippen LogP contribution in [0.25, 0.3) is 10.9 Å². The van der Waals surface area contributed by atoms with Crippen LogP contribution in [0.3, 0.4) is 0 Å². The Balaban J connectivity index is 1.76. The Morgan fingerprint density at radius 2 is 1.52 bits per heavy atom. The molecule has 3 aromatic carbocycles. The van der Waals surface area contributed by atoms with Gasteiger partial charge in [0.1, 0.15) is 6.54 Å². The number of halogens is 2. The van der Waals surface area contributed by atoms with E-state index >= 15 is 0 Å². The van der Waals surface area contributed by atoms with Gasteiger partial charge in [-0.2, -0.15) is 0 Å². The van der Waals surface area contributed by atoms with Crippen LogP contribution in [0, 0.1) is 0 Å². The summed E-state index contributed by atoms with van der Waals surface area (Å²) >= 11 is 12.0. The molecule has 0 fully saturated rings. The minimum Gasteiger partial charge on any atom is -0.323 e. The Kier molecular flexibility index (Phi) is 5.93. The SMILES string of the molecule is O=C(Cn1c(=O)n(Cc2ccc(Cl)cc2)c(=O)c2ccccc21)Nc1ccccc1Cl. The first-order valence-electron chi connectivity index (χ1n) is 9.45. The number of carbonyl (C=O) groups is 1. The van der Waals surface area contributed by atoms with Crippen LogP contribution in [0.15, 0.2) is 82.4 Å². The molecule has 156 valence electrons. The van der Waals surface area contributed by atoms with Crippen molar-refractivity contribution >= 4 is 45.7 Å². The minimum absolute atomic E-state index is 0.0613. The lowest BCUT2D eigenvalue weighted by molar-refractivity contribution is -0.116. The van der Waals surface area contributed by atoms with Crippen LogP contribution in [-0.4, -0.2) is 15.0 Å². The van der Waals surface area contributed by atoms with Crippen LogP contribution < -0.4 is 16.6 Å². The largest absolute Gasteiger partial charge is 0.332 e. The quantitative estimate of drug-likeness (QED) is 0.492. The zero-order valence-corrected chi connectivity index (χ0v) is 17.7. The predicted octanol–water partition coefficient (Wildman–Crippen LogP) is 4.16. The summed E-state index contributed by atoms with van der Waals surface area (Å²) in [5.74, 6) is -0.433. The normalized spacial score (nSPS) is 10.9. The molecule has 1 amide bonds. The Bertz CT molecular complexity index is 1390. The Morgan fingerprint density at radius 3 is 2.26 bits per heavy atom. The molecule has 4 rings (SSSR count). The van der Waals surface area contributed by atoms with E-state index in [1.165, 1.54) is 4.57 Å². The number of rotatable bonds is 5. The minimum atomic E-state index is -0.576. The second-order valence-corrected chi connectivity index (χ2v) is 7.78. The summed E-state index contributed by atoms with van der Waals surface area (Å²) in [5, 5.41) is 4.00. The van der Waals surface area contributed by atoms with Crippen LogP contribution >= 0.6 is 23.2 Å². The van der Waals surface area contributed by atoms with Crippen molar-refractivity contribution in [1.29, 1.82) is 0 Å². The van der Waals surface area contributed by atoms with Gasteiger partial charge in [-0.1, -0.05) is 59.6 Å². The molecule has 6 nitrogen and oxygen atoms in total. The van der Waals surface area contributed by atoms with Crippen molar-refractivity contribution in [3.63, 3.8) is 0 Å². The summed E-state index contributed by atoms with van der Waals surface area (Å²) in [4.78, 5) is 38.9. The Labute approximate surface area is 187 Å². The fourth-order valence-corrected chi connectivity index (χ4v) is 3.64. The third kappa shape index (κ3) is 4.40. The molecule has 31 heavy (non-hydrogen) atoms. The Morgan fingerprint density at radius 1 is 0.839 bits per heavy atom. The molecule has 1 aromatic heterocycles. The number of amides is 1. The van der Waals surface area contributed by atoms with Gasteiger partial charge < -0.3 is 5.32 Å². The van der Waals surface area contributed by atoms with Gasteiger partial charge in [0.05, 0.1) is 28.2 Å². The van der Waals surface area contributed by atoms with E-state index in [-0.39, 0.29) is 13.1 Å². The van der Waals surface area contributed by atoms with Gasteiger partial charge >= 0.3 is 5.69 Å². The van der Waals surface area contributed by atoms with E-state index in [2.05, 4.69) is 5.32 Å². The molecule has 0 bridgehead atoms. The topological polar surface area (TPSA) is 73.1 Å². The van der Waals surface area contributed by atoms with Crippen molar-refractivity contribution in [3.8, 4) is 0 Å². The first-order chi connectivity index (χ1) is 14.9. The van der Waals surface area contributed by atoms with Gasteiger partial charge in [0, 0.05) is 5.02 Å². The van der Waals surface area contributed by atoms with Crippen molar-refractivity contribution in [3.05, 3.63) is 109 Å². The number of nitrogens with zero attached hydrogens (tertiary/aromatic N) is 2. The summed E-state index contributed by atoms with van der Waals surface area (Å²) in [5.41, 5.74) is 0.581. The second-order valence-electron chi connectivity index (χ2n) is 6.93. The molecule has 8 heteroatoms. The fraction of sp³-hybridized carbons (Fsp3) is 0.0870. The molecule has 0 saturated carbocycles. The van der Waals surface area contributed by atoms with Crippen molar-refractivity contribution < 1.29 is 4.79 Å². The van der Waals surface area contributed by atoms with Crippen LogP contribution in [0.1, 0.15) is 5.56 Å². The monoisotopic (exact) mass is 453 g/mol. The van der Waals surface area contributed by atoms with Crippen molar-refractivity contribution in [2.75, 3.05) is 5.32 Å². The lowest BCUT2D eigenvalue weighted by Gasteiger charge is -2.14. The van der Waals surface area contributed by atoms with Gasteiger partial charge in [0.2, 0.25) is 5.91 Å². The molecule has 1 heterocycles. The molecule has 0 saturated heterocycles. The van der Waals surface area contributed by atoms with Gasteiger partial charge in [0.25, 0.3) is 5.56 Å². The second kappa shape index (κ2) is 8.79. The maximum Gasteiger partial charge on any atom is 0.332 e. The summed E-state index contributed by atoms with van der Waals surface area (Å²) in [6.07, 6.45) is 0. The molecule has 4 aromatic rings. The average Bonchev–Trinajstić information content (AvgIpc) is 2.77. The number of carbonyl (C=O) groups excluding carboxylic acids is 1. The first-order valence-corrected chi connectivity index (χ1v) is 10.2. The molecule has 0 aliphatic heterocycles. The summed E-state index contributed by atoms with van der Waals surface area (Å²) in [7, 11) is 0. The number of anilines is 1. The number of nitrogens with one attached hydrogen (secondary N) is 1. The third-order valence-electron chi connectivity index (χ3n) is 4.84. The highest BCUT2D eigenvalue weighted by Crippen LogP contribution is 2.20. The van der Waals surface area contributed by atoms with Crippen molar-refractivity contribution in [1.82, 2.24) is 9.13 Å². The lowest BCUT2D eigenvalue weighted by Crippen LogP contribution is -2.42. The predicted molar refractivity (Wildman–Crippen MR) is 123 cm³/mol. The smallest absolute Gasteiger partial charge is 0.323 e. The summed E-state index contributed by atoms with van der Waals surface area (Å²) in [6, 6.07) is 20.4. The highest BCUT2D eigenvalue weighted by atomic mass is 35.5. The number of hydrogen-bond acceptors (Lipinski definition) is 3. The highest BCUT2D eigenvalue weighted by Gasteiger charge is 2.16. The van der Waals surface area contributed by atoms with E-state index in [0.29, 0.717) is 26.6 Å². The third-order valence-corrected chi connectivity index (χ3v) is 5.42. The van der Waals surface area contributed by atoms with E-state index in [9.17, 15) is 14.4 Å². The molecule has 1 N–H and O–H groups in total. The van der Waals surface area contributed by atoms with E-state index in [0.717, 1.165) is 10.1 Å². The van der Waals surface area contributed by atoms with Gasteiger partial charge in [-0.3, -0.25) is 18.7 Å². The molecule has 0 aliphatic rings. The van der Waals surface area contributed by atoms with E-state index < -0.39 is 17.2 Å². The molecule has 0 atom stereocenters. The average molecular weight is 454 g/mol. The number of benzene rings is 3. The zero-order valence-electron chi connectivity index (χ0n) is 16.2. The van der Waals surface area contributed by atoms with Gasteiger partial charge in [0.15, 0.2) is 0 Å². The number of aromatic nitrogens is 2. The molecule has 0 aliphatic carbocycles. The standard InChI is InChI=1S/C23H17Cl2N3O3/c24-16-11-9-15(10-12-16)13-28-22(30)17-5-1-4-8-20(17)27(23(28)31)14-21(29)26-19-7-3-2-6-18(19)25/h1-12H,13-14H2,(H,26,29). The van der Waals surface area contributed by atoms with Crippen LogP contribution in [0.5, 0.6) is 0 Å². The van der Waals surface area contributed by atoms with Crippen molar-refractivity contribution in [2.45, 2.75) is 13.1 Å². The van der Waals surface area contributed by atoms with Gasteiger partial charge in [-0.05, 0) is 42.0 Å². The maximum atomic E-state index is 13.2. The van der Waals surface area contributed by atoms with Gasteiger partial charge in [-0.15, -0.1) is 0 Å². The van der Waals surface area contributed by atoms with Crippen LogP contribution in [0.4, 0.5) is 5.69 Å². The zero-order chi connectivity index (χ0) is 22.0. The summed E-state index contributed by atoms with van der Waals surface area (Å²) < 4.78 is 2.41. The highest BCUT2D eigenvalue weighted by molar-refractivity contribution is 6.33. The number of fused-ring (bicyclic) bond motifs is 1. The van der Waals surface area contributed by atoms with Crippen LogP contribution in [-0.2, 0) is 17.9 Å². The fourth-order valence-electron chi connectivity index (χ4n) is 3.33.